The van der Waals surface area contributed by atoms with Crippen molar-refractivity contribution >= 4 is 11.9 Å². The molecule has 1 unspecified atom stereocenters. The number of carbonyl (C=O) groups is 2. The van der Waals surface area contributed by atoms with Crippen LogP contribution in [-0.4, -0.2) is 68.5 Å². The summed E-state index contributed by atoms with van der Waals surface area (Å²) in [6, 6.07) is 0. The number of aliphatic hydroxyl groups excluding tert-OH is 3. The molecule has 0 saturated heterocycles. The van der Waals surface area contributed by atoms with Crippen LogP contribution in [0.15, 0.2) is 34.9 Å². The summed E-state index contributed by atoms with van der Waals surface area (Å²) in [6.45, 7) is 10.6. The first-order valence-corrected chi connectivity index (χ1v) is 12.9. The van der Waals surface area contributed by atoms with E-state index in [0.29, 0.717) is 24.0 Å². The Morgan fingerprint density at radius 2 is 1.83 bits per heavy atom. The summed E-state index contributed by atoms with van der Waals surface area (Å²) in [5.41, 5.74) is -3.79. The lowest BCUT2D eigenvalue weighted by Gasteiger charge is -2.48. The minimum absolute atomic E-state index is 0.199. The van der Waals surface area contributed by atoms with Gasteiger partial charge in [-0.1, -0.05) is 39.0 Å². The fraction of sp³-hybridized carbons (Fsp3) is 0.714. The quantitative estimate of drug-likeness (QED) is 0.246. The van der Waals surface area contributed by atoms with Crippen LogP contribution in [0, 0.1) is 22.7 Å². The zero-order valence-electron chi connectivity index (χ0n) is 22.1. The highest BCUT2D eigenvalue weighted by atomic mass is 16.6. The molecular formula is C28H40O8. The van der Waals surface area contributed by atoms with E-state index in [9.17, 15) is 30.0 Å². The van der Waals surface area contributed by atoms with Crippen LogP contribution in [-0.2, 0) is 19.1 Å². The number of allylic oxidation sites excluding steroid dienone is 1. The third kappa shape index (κ3) is 3.41. The molecule has 0 aliphatic heterocycles. The Morgan fingerprint density at radius 1 is 1.17 bits per heavy atom. The Labute approximate surface area is 212 Å². The Kier molecular flexibility index (Phi) is 6.60. The average Bonchev–Trinajstić information content (AvgIpc) is 3.27. The topological polar surface area (TPSA) is 134 Å². The SMILES string of the molecule is C/C=C(\C)C(=O)OCC1=C[C@@H]2C(O)[C@]3(C=C(C)[C@H](O)[C@@]3(O)[C@@H]1O)CC[C@]1(OC(=O)CCC)[C@H]2C1(C)C. The van der Waals surface area contributed by atoms with Gasteiger partial charge >= 0.3 is 11.9 Å². The lowest BCUT2D eigenvalue weighted by atomic mass is 9.62. The van der Waals surface area contributed by atoms with Crippen molar-refractivity contribution in [1.29, 1.82) is 0 Å². The maximum atomic E-state index is 12.7. The van der Waals surface area contributed by atoms with E-state index in [4.69, 9.17) is 9.47 Å². The highest BCUT2D eigenvalue weighted by Gasteiger charge is 2.81. The Balaban J connectivity index is 1.83. The first kappa shape index (κ1) is 27.0. The van der Waals surface area contributed by atoms with E-state index >= 15 is 0 Å². The van der Waals surface area contributed by atoms with Gasteiger partial charge < -0.3 is 29.9 Å². The van der Waals surface area contributed by atoms with Crippen LogP contribution >= 0.6 is 0 Å². The van der Waals surface area contributed by atoms with Crippen LogP contribution in [0.3, 0.4) is 0 Å². The fourth-order valence-corrected chi connectivity index (χ4v) is 7.41. The number of hydrogen-bond donors (Lipinski definition) is 4. The minimum Gasteiger partial charge on any atom is -0.458 e. The van der Waals surface area contributed by atoms with Crippen LogP contribution in [0.1, 0.15) is 67.2 Å². The molecule has 0 radical (unpaired) electrons. The lowest BCUT2D eigenvalue weighted by Crippen LogP contribution is -2.64. The fourth-order valence-electron chi connectivity index (χ4n) is 7.41. The molecule has 8 atom stereocenters. The number of carbonyl (C=O) groups excluding carboxylic acids is 2. The molecule has 0 heterocycles. The summed E-state index contributed by atoms with van der Waals surface area (Å²) in [6.07, 6.45) is 2.29. The second-order valence-electron chi connectivity index (χ2n) is 11.7. The second kappa shape index (κ2) is 8.79. The molecule has 2 saturated carbocycles. The van der Waals surface area contributed by atoms with Gasteiger partial charge in [-0.3, -0.25) is 4.79 Å². The molecule has 0 amide bonds. The van der Waals surface area contributed by atoms with Gasteiger partial charge in [0.25, 0.3) is 0 Å². The van der Waals surface area contributed by atoms with Crippen LogP contribution in [0.5, 0.6) is 0 Å². The zero-order valence-corrected chi connectivity index (χ0v) is 22.1. The van der Waals surface area contributed by atoms with Crippen molar-refractivity contribution in [1.82, 2.24) is 0 Å². The Hall–Kier alpha value is -2.00. The predicted octanol–water partition coefficient (Wildman–Crippen LogP) is 2.34. The van der Waals surface area contributed by atoms with E-state index in [1.807, 2.05) is 20.8 Å². The van der Waals surface area contributed by atoms with Crippen molar-refractivity contribution < 1.29 is 39.5 Å². The first-order chi connectivity index (χ1) is 16.7. The van der Waals surface area contributed by atoms with Gasteiger partial charge in [-0.2, -0.15) is 0 Å². The number of esters is 2. The molecule has 4 aliphatic carbocycles. The Morgan fingerprint density at radius 3 is 2.44 bits per heavy atom. The summed E-state index contributed by atoms with van der Waals surface area (Å²) < 4.78 is 11.6. The third-order valence-electron chi connectivity index (χ3n) is 9.60. The molecular weight excluding hydrogens is 464 g/mol. The molecule has 8 nitrogen and oxygen atoms in total. The molecule has 0 aromatic heterocycles. The van der Waals surface area contributed by atoms with E-state index in [-0.39, 0.29) is 36.9 Å². The number of hydrogen-bond acceptors (Lipinski definition) is 8. The highest BCUT2D eigenvalue weighted by molar-refractivity contribution is 5.87. The smallest absolute Gasteiger partial charge is 0.333 e. The zero-order chi connectivity index (χ0) is 26.8. The van der Waals surface area contributed by atoms with Gasteiger partial charge in [-0.05, 0) is 51.2 Å². The van der Waals surface area contributed by atoms with Crippen molar-refractivity contribution in [2.45, 2.75) is 96.7 Å². The number of ether oxygens (including phenoxy) is 2. The van der Waals surface area contributed by atoms with Gasteiger partial charge in [0, 0.05) is 34.7 Å². The molecule has 0 aromatic rings. The largest absolute Gasteiger partial charge is 0.458 e. The number of rotatable bonds is 6. The van der Waals surface area contributed by atoms with Gasteiger partial charge in [0.05, 0.1) is 6.10 Å². The monoisotopic (exact) mass is 504 g/mol. The normalized spacial score (nSPS) is 42.7. The first-order valence-electron chi connectivity index (χ1n) is 12.9. The number of aliphatic hydroxyl groups is 4. The van der Waals surface area contributed by atoms with Crippen molar-refractivity contribution in [3.63, 3.8) is 0 Å². The standard InChI is InChI=1S/C28H40O8/c1-7-9-19(29)36-27-11-10-26-13-16(4)21(30)28(26,34)22(31)17(14-35-24(33)15(3)8-2)12-18(23(26)32)20(27)25(27,5)6/h8,12-13,18,20-23,30-32,34H,7,9-11,14H2,1-6H3/b15-8+/t18-,20+,21-,22+,23?,26+,27-,28+/m0/s1. The van der Waals surface area contributed by atoms with Crippen molar-refractivity contribution in [3.8, 4) is 0 Å². The lowest BCUT2D eigenvalue weighted by molar-refractivity contribution is -0.203. The van der Waals surface area contributed by atoms with Gasteiger partial charge in [0.2, 0.25) is 0 Å². The summed E-state index contributed by atoms with van der Waals surface area (Å²) in [5, 5.41) is 46.6. The van der Waals surface area contributed by atoms with Crippen molar-refractivity contribution in [2.75, 3.05) is 6.61 Å². The molecule has 2 fully saturated rings. The highest BCUT2D eigenvalue weighted by Crippen LogP contribution is 2.75. The van der Waals surface area contributed by atoms with Gasteiger partial charge in [-0.25, -0.2) is 4.79 Å². The summed E-state index contributed by atoms with van der Waals surface area (Å²) in [4.78, 5) is 25.0. The summed E-state index contributed by atoms with van der Waals surface area (Å²) in [7, 11) is 0. The molecule has 36 heavy (non-hydrogen) atoms. The maximum absolute atomic E-state index is 12.7. The van der Waals surface area contributed by atoms with Gasteiger partial charge in [-0.15, -0.1) is 0 Å². The van der Waals surface area contributed by atoms with Gasteiger partial charge in [0.15, 0.2) is 0 Å². The van der Waals surface area contributed by atoms with E-state index < -0.39 is 52.2 Å². The molecule has 2 bridgehead atoms. The van der Waals surface area contributed by atoms with E-state index in [2.05, 4.69) is 0 Å². The van der Waals surface area contributed by atoms with Crippen LogP contribution in [0.2, 0.25) is 0 Å². The third-order valence-corrected chi connectivity index (χ3v) is 9.60. The molecule has 4 N–H and O–H groups in total. The van der Waals surface area contributed by atoms with Crippen LogP contribution < -0.4 is 0 Å². The minimum atomic E-state index is -2.14. The average molecular weight is 505 g/mol. The van der Waals surface area contributed by atoms with E-state index in [1.54, 1.807) is 39.0 Å². The van der Waals surface area contributed by atoms with Crippen LogP contribution in [0.25, 0.3) is 0 Å². The summed E-state index contributed by atoms with van der Waals surface area (Å²) >= 11 is 0. The van der Waals surface area contributed by atoms with Crippen LogP contribution in [0.4, 0.5) is 0 Å². The summed E-state index contributed by atoms with van der Waals surface area (Å²) in [5.74, 6) is -1.77. The molecule has 200 valence electrons. The van der Waals surface area contributed by atoms with E-state index in [1.165, 1.54) is 0 Å². The molecule has 1 spiro atoms. The van der Waals surface area contributed by atoms with Crippen molar-refractivity contribution in [3.05, 3.63) is 34.9 Å². The second-order valence-corrected chi connectivity index (χ2v) is 11.7. The van der Waals surface area contributed by atoms with E-state index in [0.717, 1.165) is 0 Å². The number of fused-ring (bicyclic) bond motifs is 3. The molecule has 0 aromatic carbocycles. The molecule has 4 rings (SSSR count). The predicted molar refractivity (Wildman–Crippen MR) is 131 cm³/mol. The Bertz CT molecular complexity index is 1040. The maximum Gasteiger partial charge on any atom is 0.333 e. The van der Waals surface area contributed by atoms with Gasteiger partial charge in [0.1, 0.15) is 30.0 Å². The molecule has 8 heteroatoms. The van der Waals surface area contributed by atoms with Crippen molar-refractivity contribution in [2.24, 2.45) is 22.7 Å². The molecule has 4 aliphatic rings.